The van der Waals surface area contributed by atoms with Gasteiger partial charge in [-0.1, -0.05) is 110 Å². The molecule has 0 aliphatic carbocycles. The van der Waals surface area contributed by atoms with Gasteiger partial charge in [0.2, 0.25) is 11.8 Å². The smallest absolute Gasteiger partial charge is 0.264 e. The number of rotatable bonds is 14. The third-order valence-electron chi connectivity index (χ3n) is 7.89. The maximum absolute atomic E-state index is 14.6. The van der Waals surface area contributed by atoms with Gasteiger partial charge in [-0.2, -0.15) is 0 Å². The zero-order valence-corrected chi connectivity index (χ0v) is 29.4. The van der Waals surface area contributed by atoms with Crippen LogP contribution in [0, 0.1) is 6.92 Å². The van der Waals surface area contributed by atoms with E-state index in [2.05, 4.69) is 19.2 Å². The van der Waals surface area contributed by atoms with Gasteiger partial charge in [0.1, 0.15) is 12.6 Å². The molecule has 0 saturated heterocycles. The van der Waals surface area contributed by atoms with E-state index in [1.807, 2.05) is 56.3 Å². The number of carbonyl (C=O) groups is 2. The zero-order valence-electron chi connectivity index (χ0n) is 27.1. The summed E-state index contributed by atoms with van der Waals surface area (Å²) >= 11 is 12.5. The second-order valence-electron chi connectivity index (χ2n) is 11.8. The van der Waals surface area contributed by atoms with Crippen LogP contribution in [0.3, 0.4) is 0 Å². The van der Waals surface area contributed by atoms with Gasteiger partial charge in [0.25, 0.3) is 10.0 Å². The number of nitrogens with one attached hydrogen (secondary N) is 1. The fraction of sp³-hybridized carbons (Fsp3) is 0.297. The highest BCUT2D eigenvalue weighted by Gasteiger charge is 2.34. The molecule has 0 aliphatic rings. The van der Waals surface area contributed by atoms with Crippen LogP contribution in [-0.4, -0.2) is 44.3 Å². The Morgan fingerprint density at radius 2 is 1.49 bits per heavy atom. The third-order valence-corrected chi connectivity index (χ3v) is 10.4. The van der Waals surface area contributed by atoms with E-state index in [0.29, 0.717) is 34.3 Å². The van der Waals surface area contributed by atoms with Gasteiger partial charge in [-0.15, -0.1) is 0 Å². The maximum atomic E-state index is 14.6. The second kappa shape index (κ2) is 16.3. The molecule has 248 valence electrons. The Kier molecular flexibility index (Phi) is 12.5. The van der Waals surface area contributed by atoms with Crippen molar-refractivity contribution in [2.75, 3.05) is 17.4 Å². The fourth-order valence-electron chi connectivity index (χ4n) is 5.15. The van der Waals surface area contributed by atoms with Gasteiger partial charge < -0.3 is 10.2 Å². The molecule has 4 rings (SSSR count). The summed E-state index contributed by atoms with van der Waals surface area (Å²) in [6.07, 6.45) is 0.927. The predicted octanol–water partition coefficient (Wildman–Crippen LogP) is 7.79. The third kappa shape index (κ3) is 9.37. The highest BCUT2D eigenvalue weighted by molar-refractivity contribution is 7.92. The largest absolute Gasteiger partial charge is 0.354 e. The molecule has 10 heteroatoms. The van der Waals surface area contributed by atoms with Crippen LogP contribution in [0.15, 0.2) is 102 Å². The number of halogens is 2. The monoisotopic (exact) mass is 693 g/mol. The summed E-state index contributed by atoms with van der Waals surface area (Å²) in [6.45, 7) is 7.81. The van der Waals surface area contributed by atoms with Crippen molar-refractivity contribution in [3.8, 4) is 0 Å². The lowest BCUT2D eigenvalue weighted by atomic mass is 10.0. The highest BCUT2D eigenvalue weighted by atomic mass is 35.5. The molecular formula is C37H41Cl2N3O4S. The fourth-order valence-corrected chi connectivity index (χ4v) is 6.88. The number of sulfonamides is 1. The molecule has 0 aromatic heterocycles. The van der Waals surface area contributed by atoms with Crippen LogP contribution in [0.5, 0.6) is 0 Å². The molecule has 0 fully saturated rings. The summed E-state index contributed by atoms with van der Waals surface area (Å²) in [6, 6.07) is 27.2. The molecular weight excluding hydrogens is 653 g/mol. The first kappa shape index (κ1) is 36.0. The minimum atomic E-state index is -4.19. The molecule has 0 spiro atoms. The topological polar surface area (TPSA) is 86.8 Å². The SMILES string of the molecule is CCCNC(=O)C(Cc1ccccc1)N(Cc1ccc(Cl)c(Cl)c1)C(=O)CN(c1ccc(C(C)C)cc1)S(=O)(=O)c1ccc(C)cc1. The van der Waals surface area contributed by atoms with Gasteiger partial charge in [-0.05, 0) is 72.4 Å². The van der Waals surface area contributed by atoms with Crippen LogP contribution in [0.4, 0.5) is 5.69 Å². The molecule has 4 aromatic rings. The number of nitrogens with zero attached hydrogens (tertiary/aromatic N) is 2. The summed E-state index contributed by atoms with van der Waals surface area (Å²) in [5, 5.41) is 3.61. The first-order valence-corrected chi connectivity index (χ1v) is 17.8. The number of hydrogen-bond donors (Lipinski definition) is 1. The molecule has 0 heterocycles. The molecule has 47 heavy (non-hydrogen) atoms. The Bertz CT molecular complexity index is 1760. The highest BCUT2D eigenvalue weighted by Crippen LogP contribution is 2.28. The molecule has 0 radical (unpaired) electrons. The lowest BCUT2D eigenvalue weighted by molar-refractivity contribution is -0.140. The summed E-state index contributed by atoms with van der Waals surface area (Å²) < 4.78 is 29.6. The number of anilines is 1. The van der Waals surface area contributed by atoms with Crippen molar-refractivity contribution in [2.24, 2.45) is 0 Å². The average molecular weight is 695 g/mol. The molecule has 4 aromatic carbocycles. The van der Waals surface area contributed by atoms with E-state index in [9.17, 15) is 18.0 Å². The molecule has 2 amide bonds. The van der Waals surface area contributed by atoms with Crippen molar-refractivity contribution in [3.63, 3.8) is 0 Å². The lowest BCUT2D eigenvalue weighted by Crippen LogP contribution is -2.53. The Balaban J connectivity index is 1.82. The summed E-state index contributed by atoms with van der Waals surface area (Å²) in [5.74, 6) is -0.652. The number of aryl methyl sites for hydroxylation is 1. The van der Waals surface area contributed by atoms with Crippen molar-refractivity contribution in [3.05, 3.63) is 129 Å². The molecule has 0 saturated carbocycles. The number of hydrogen-bond acceptors (Lipinski definition) is 4. The molecule has 1 unspecified atom stereocenters. The van der Waals surface area contributed by atoms with E-state index < -0.39 is 28.5 Å². The van der Waals surface area contributed by atoms with Gasteiger partial charge in [0.15, 0.2) is 0 Å². The molecule has 1 N–H and O–H groups in total. The van der Waals surface area contributed by atoms with E-state index in [1.54, 1.807) is 42.5 Å². The molecule has 7 nitrogen and oxygen atoms in total. The standard InChI is InChI=1S/C37H41Cl2N3O4S/c1-5-21-40-37(44)35(23-28-9-7-6-8-10-28)41(24-29-13-20-33(38)34(39)22-29)36(43)25-42(31-16-14-30(15-17-31)26(2)3)47(45,46)32-18-11-27(4)12-19-32/h6-20,22,26,35H,5,21,23-25H2,1-4H3,(H,40,44). The summed E-state index contributed by atoms with van der Waals surface area (Å²) in [5.41, 5.74) is 3.77. The minimum Gasteiger partial charge on any atom is -0.354 e. The van der Waals surface area contributed by atoms with E-state index in [4.69, 9.17) is 23.2 Å². The average Bonchev–Trinajstić information content (AvgIpc) is 3.06. The van der Waals surface area contributed by atoms with E-state index in [0.717, 1.165) is 21.0 Å². The molecule has 0 aliphatic heterocycles. The van der Waals surface area contributed by atoms with Crippen molar-refractivity contribution in [1.82, 2.24) is 10.2 Å². The van der Waals surface area contributed by atoms with E-state index in [-0.39, 0.29) is 29.7 Å². The Labute approximate surface area is 288 Å². The van der Waals surface area contributed by atoms with E-state index >= 15 is 0 Å². The second-order valence-corrected chi connectivity index (χ2v) is 14.5. The number of amides is 2. The number of carbonyl (C=O) groups excluding carboxylic acids is 2. The van der Waals surface area contributed by atoms with Crippen LogP contribution in [-0.2, 0) is 32.6 Å². The van der Waals surface area contributed by atoms with Gasteiger partial charge >= 0.3 is 0 Å². The van der Waals surface area contributed by atoms with Crippen LogP contribution in [0.2, 0.25) is 10.0 Å². The lowest BCUT2D eigenvalue weighted by Gasteiger charge is -2.34. The first-order valence-electron chi connectivity index (χ1n) is 15.6. The zero-order chi connectivity index (χ0) is 34.1. The summed E-state index contributed by atoms with van der Waals surface area (Å²) in [4.78, 5) is 29.9. The number of benzene rings is 4. The Hall–Kier alpha value is -3.85. The van der Waals surface area contributed by atoms with Crippen LogP contribution >= 0.6 is 23.2 Å². The predicted molar refractivity (Wildman–Crippen MR) is 190 cm³/mol. The first-order chi connectivity index (χ1) is 22.4. The van der Waals surface area contributed by atoms with Crippen LogP contribution < -0.4 is 9.62 Å². The van der Waals surface area contributed by atoms with Crippen LogP contribution in [0.1, 0.15) is 55.4 Å². The van der Waals surface area contributed by atoms with Gasteiger partial charge in [-0.3, -0.25) is 13.9 Å². The van der Waals surface area contributed by atoms with E-state index in [1.165, 1.54) is 17.0 Å². The van der Waals surface area contributed by atoms with Gasteiger partial charge in [0, 0.05) is 19.5 Å². The van der Waals surface area contributed by atoms with Gasteiger partial charge in [-0.25, -0.2) is 8.42 Å². The summed E-state index contributed by atoms with van der Waals surface area (Å²) in [7, 11) is -4.19. The van der Waals surface area contributed by atoms with Gasteiger partial charge in [0.05, 0.1) is 20.6 Å². The molecule has 1 atom stereocenters. The van der Waals surface area contributed by atoms with Crippen molar-refractivity contribution >= 4 is 50.7 Å². The van der Waals surface area contributed by atoms with Crippen molar-refractivity contribution in [1.29, 1.82) is 0 Å². The molecule has 0 bridgehead atoms. The minimum absolute atomic E-state index is 0.00251. The Morgan fingerprint density at radius 1 is 0.830 bits per heavy atom. The maximum Gasteiger partial charge on any atom is 0.264 e. The van der Waals surface area contributed by atoms with Crippen molar-refractivity contribution < 1.29 is 18.0 Å². The Morgan fingerprint density at radius 3 is 2.09 bits per heavy atom. The van der Waals surface area contributed by atoms with Crippen molar-refractivity contribution in [2.45, 2.75) is 63.9 Å². The quantitative estimate of drug-likeness (QED) is 0.146. The normalized spacial score (nSPS) is 12.1. The van der Waals surface area contributed by atoms with Crippen LogP contribution in [0.25, 0.3) is 0 Å².